The molecule has 0 spiro atoms. The van der Waals surface area contributed by atoms with Crippen molar-refractivity contribution in [2.24, 2.45) is 5.73 Å². The van der Waals surface area contributed by atoms with Gasteiger partial charge in [0.25, 0.3) is 0 Å². The van der Waals surface area contributed by atoms with E-state index in [1.807, 2.05) is 6.92 Å². The number of rotatable bonds is 1. The molecule has 2 N–H and O–H groups in total. The second-order valence-electron chi connectivity index (χ2n) is 3.08. The maximum Gasteiger partial charge on any atom is 0.140 e. The van der Waals surface area contributed by atoms with Crippen LogP contribution in [-0.4, -0.2) is 11.7 Å². The molecule has 1 aromatic rings. The van der Waals surface area contributed by atoms with Crippen molar-refractivity contribution in [2.75, 3.05) is 6.54 Å². The van der Waals surface area contributed by atoms with Crippen LogP contribution in [0.15, 0.2) is 4.52 Å². The van der Waals surface area contributed by atoms with E-state index in [9.17, 15) is 0 Å². The summed E-state index contributed by atoms with van der Waals surface area (Å²) in [5.41, 5.74) is 7.90. The second-order valence-corrected chi connectivity index (χ2v) is 3.08. The number of aryl methyl sites for hydroxylation is 2. The molecule has 0 aliphatic heterocycles. The lowest BCUT2D eigenvalue weighted by Crippen LogP contribution is -2.09. The summed E-state index contributed by atoms with van der Waals surface area (Å²) in [6, 6.07) is 0. The van der Waals surface area contributed by atoms with Crippen molar-refractivity contribution in [1.29, 1.82) is 0 Å². The lowest BCUT2D eigenvalue weighted by molar-refractivity contribution is 0.381. The third kappa shape index (κ3) is 0.878. The minimum Gasteiger partial charge on any atom is -0.361 e. The molecular formula is C8H12N2O. The van der Waals surface area contributed by atoms with Gasteiger partial charge in [0.15, 0.2) is 0 Å². The van der Waals surface area contributed by atoms with Crippen molar-refractivity contribution in [3.63, 3.8) is 0 Å². The van der Waals surface area contributed by atoms with Gasteiger partial charge in [-0.3, -0.25) is 0 Å². The molecule has 0 fully saturated rings. The summed E-state index contributed by atoms with van der Waals surface area (Å²) in [5, 5.41) is 3.91. The third-order valence-electron chi connectivity index (χ3n) is 2.40. The zero-order valence-corrected chi connectivity index (χ0v) is 6.63. The van der Waals surface area contributed by atoms with E-state index in [2.05, 4.69) is 5.16 Å². The molecule has 3 nitrogen and oxygen atoms in total. The molecule has 1 heterocycles. The minimum absolute atomic E-state index is 0.497. The van der Waals surface area contributed by atoms with Gasteiger partial charge in [-0.15, -0.1) is 0 Å². The van der Waals surface area contributed by atoms with Gasteiger partial charge in [-0.25, -0.2) is 0 Å². The molecule has 0 amide bonds. The molecule has 1 unspecified atom stereocenters. The Morgan fingerprint density at radius 1 is 1.73 bits per heavy atom. The minimum atomic E-state index is 0.497. The van der Waals surface area contributed by atoms with Crippen molar-refractivity contribution in [2.45, 2.75) is 25.7 Å². The number of nitrogens with two attached hydrogens (primary N) is 1. The van der Waals surface area contributed by atoms with Gasteiger partial charge in [-0.2, -0.15) is 0 Å². The summed E-state index contributed by atoms with van der Waals surface area (Å²) < 4.78 is 5.13. The number of hydrogen-bond acceptors (Lipinski definition) is 3. The molecule has 1 atom stereocenters. The zero-order valence-electron chi connectivity index (χ0n) is 6.63. The van der Waals surface area contributed by atoms with Gasteiger partial charge in [-0.05, 0) is 19.9 Å². The van der Waals surface area contributed by atoms with Crippen LogP contribution in [0.1, 0.15) is 29.4 Å². The topological polar surface area (TPSA) is 52.0 Å². The smallest absolute Gasteiger partial charge is 0.140 e. The predicted octanol–water partition coefficient (Wildman–Crippen LogP) is 0.972. The lowest BCUT2D eigenvalue weighted by Gasteiger charge is -2.04. The first-order valence-electron chi connectivity index (χ1n) is 3.98. The highest BCUT2D eigenvalue weighted by Gasteiger charge is 2.27. The van der Waals surface area contributed by atoms with E-state index in [1.165, 1.54) is 5.56 Å². The normalized spacial score (nSPS) is 22.2. The van der Waals surface area contributed by atoms with Crippen LogP contribution < -0.4 is 5.73 Å². The van der Waals surface area contributed by atoms with Gasteiger partial charge in [0, 0.05) is 17.9 Å². The second kappa shape index (κ2) is 2.34. The van der Waals surface area contributed by atoms with Crippen molar-refractivity contribution < 1.29 is 4.52 Å². The number of hydrogen-bond donors (Lipinski definition) is 1. The van der Waals surface area contributed by atoms with E-state index in [0.717, 1.165) is 30.8 Å². The molecule has 0 bridgehead atoms. The average molecular weight is 152 g/mol. The highest BCUT2D eigenvalue weighted by Crippen LogP contribution is 2.34. The molecule has 0 aromatic carbocycles. The van der Waals surface area contributed by atoms with Crippen LogP contribution in [0, 0.1) is 6.92 Å². The maximum absolute atomic E-state index is 5.61. The first kappa shape index (κ1) is 6.85. The SMILES string of the molecule is Cc1noc2c1C(CN)CC2. The summed E-state index contributed by atoms with van der Waals surface area (Å²) in [4.78, 5) is 0. The number of nitrogens with zero attached hydrogens (tertiary/aromatic N) is 1. The Labute approximate surface area is 65.6 Å². The van der Waals surface area contributed by atoms with Gasteiger partial charge in [0.05, 0.1) is 5.69 Å². The van der Waals surface area contributed by atoms with Gasteiger partial charge < -0.3 is 10.3 Å². The average Bonchev–Trinajstić information content (AvgIpc) is 2.54. The van der Waals surface area contributed by atoms with Crippen LogP contribution in [0.4, 0.5) is 0 Å². The predicted molar refractivity (Wildman–Crippen MR) is 41.4 cm³/mol. The zero-order chi connectivity index (χ0) is 7.84. The van der Waals surface area contributed by atoms with Crippen LogP contribution in [0.25, 0.3) is 0 Å². The molecule has 60 valence electrons. The maximum atomic E-state index is 5.61. The van der Waals surface area contributed by atoms with Crippen molar-refractivity contribution in [3.8, 4) is 0 Å². The van der Waals surface area contributed by atoms with Gasteiger partial charge in [-0.1, -0.05) is 5.16 Å². The van der Waals surface area contributed by atoms with Crippen molar-refractivity contribution in [3.05, 3.63) is 17.0 Å². The highest BCUT2D eigenvalue weighted by molar-refractivity contribution is 5.31. The molecule has 1 aliphatic rings. The summed E-state index contributed by atoms with van der Waals surface area (Å²) >= 11 is 0. The Morgan fingerprint density at radius 3 is 3.27 bits per heavy atom. The summed E-state index contributed by atoms with van der Waals surface area (Å²) in [5.74, 6) is 1.55. The molecule has 0 radical (unpaired) electrons. The Morgan fingerprint density at radius 2 is 2.55 bits per heavy atom. The first-order chi connectivity index (χ1) is 5.33. The fourth-order valence-corrected chi connectivity index (χ4v) is 1.81. The van der Waals surface area contributed by atoms with E-state index in [-0.39, 0.29) is 0 Å². The fourth-order valence-electron chi connectivity index (χ4n) is 1.81. The molecule has 1 aliphatic carbocycles. The first-order valence-corrected chi connectivity index (χ1v) is 3.98. The van der Waals surface area contributed by atoms with Gasteiger partial charge in [0.1, 0.15) is 5.76 Å². The van der Waals surface area contributed by atoms with Crippen LogP contribution in [0.5, 0.6) is 0 Å². The number of fused-ring (bicyclic) bond motifs is 1. The monoisotopic (exact) mass is 152 g/mol. The number of aromatic nitrogens is 1. The molecular weight excluding hydrogens is 140 g/mol. The molecule has 0 saturated carbocycles. The fraction of sp³-hybridized carbons (Fsp3) is 0.625. The Balaban J connectivity index is 2.42. The molecule has 2 rings (SSSR count). The third-order valence-corrected chi connectivity index (χ3v) is 2.40. The molecule has 0 saturated heterocycles. The lowest BCUT2D eigenvalue weighted by atomic mass is 10.0. The molecule has 11 heavy (non-hydrogen) atoms. The van der Waals surface area contributed by atoms with Gasteiger partial charge >= 0.3 is 0 Å². The van der Waals surface area contributed by atoms with E-state index < -0.39 is 0 Å². The van der Waals surface area contributed by atoms with Gasteiger partial charge in [0.2, 0.25) is 0 Å². The summed E-state index contributed by atoms with van der Waals surface area (Å²) in [7, 11) is 0. The van der Waals surface area contributed by atoms with E-state index in [4.69, 9.17) is 10.3 Å². The van der Waals surface area contributed by atoms with Crippen molar-refractivity contribution in [1.82, 2.24) is 5.16 Å². The Kier molecular flexibility index (Phi) is 1.46. The van der Waals surface area contributed by atoms with Crippen LogP contribution in [0.3, 0.4) is 0 Å². The Bertz CT molecular complexity index is 267. The summed E-state index contributed by atoms with van der Waals surface area (Å²) in [6.45, 7) is 2.70. The van der Waals surface area contributed by atoms with Crippen LogP contribution in [-0.2, 0) is 6.42 Å². The van der Waals surface area contributed by atoms with E-state index in [1.54, 1.807) is 0 Å². The largest absolute Gasteiger partial charge is 0.361 e. The highest BCUT2D eigenvalue weighted by atomic mass is 16.5. The quantitative estimate of drug-likeness (QED) is 0.652. The van der Waals surface area contributed by atoms with Crippen molar-refractivity contribution >= 4 is 0 Å². The van der Waals surface area contributed by atoms with Crippen LogP contribution >= 0.6 is 0 Å². The Hall–Kier alpha value is -0.830. The molecule has 1 aromatic heterocycles. The summed E-state index contributed by atoms with van der Waals surface area (Å²) in [6.07, 6.45) is 2.14. The standard InChI is InChI=1S/C8H12N2O/c1-5-8-6(4-9)2-3-7(8)11-10-5/h6H,2-4,9H2,1H3. The van der Waals surface area contributed by atoms with Crippen LogP contribution in [0.2, 0.25) is 0 Å². The van der Waals surface area contributed by atoms with E-state index in [0.29, 0.717) is 5.92 Å². The van der Waals surface area contributed by atoms with E-state index >= 15 is 0 Å². The molecule has 3 heteroatoms.